The molecule has 0 saturated carbocycles. The standard InChI is InChI=1S/C21H27N9/c1-12-11-30(8-6-24-12)18-9-17-16(5-7-29(17)4)27-19(18)14(3)25-20-15(10-22)13(2)26-21(23)28-20/h5,7,9,12,14,24H,6,8,11H2,1-4H3,(H3,23,25,26,28). The number of hydrogen-bond donors (Lipinski definition) is 3. The average molecular weight is 406 g/mol. The largest absolute Gasteiger partial charge is 0.368 e. The molecule has 1 aliphatic rings. The van der Waals surface area contributed by atoms with Crippen LogP contribution in [-0.2, 0) is 7.05 Å². The third-order valence-corrected chi connectivity index (χ3v) is 5.57. The van der Waals surface area contributed by atoms with Crippen LogP contribution in [0.15, 0.2) is 18.3 Å². The third-order valence-electron chi connectivity index (χ3n) is 5.57. The van der Waals surface area contributed by atoms with E-state index in [-0.39, 0.29) is 12.0 Å². The number of fused-ring (bicyclic) bond motifs is 1. The number of nitrogen functional groups attached to an aromatic ring is 1. The van der Waals surface area contributed by atoms with E-state index in [0.29, 0.717) is 23.1 Å². The normalized spacial score (nSPS) is 17.7. The summed E-state index contributed by atoms with van der Waals surface area (Å²) in [6, 6.07) is 6.62. The molecule has 4 N–H and O–H groups in total. The lowest BCUT2D eigenvalue weighted by Gasteiger charge is -2.35. The molecule has 9 nitrogen and oxygen atoms in total. The molecule has 1 aliphatic heterocycles. The van der Waals surface area contributed by atoms with Crippen LogP contribution in [0.2, 0.25) is 0 Å². The second kappa shape index (κ2) is 7.80. The Morgan fingerprint density at radius 3 is 2.90 bits per heavy atom. The first-order valence-corrected chi connectivity index (χ1v) is 10.1. The summed E-state index contributed by atoms with van der Waals surface area (Å²) in [5.74, 6) is 0.577. The molecule has 0 aromatic carbocycles. The first-order valence-electron chi connectivity index (χ1n) is 10.1. The van der Waals surface area contributed by atoms with Gasteiger partial charge in [0.1, 0.15) is 17.5 Å². The van der Waals surface area contributed by atoms with Gasteiger partial charge in [0.05, 0.1) is 34.2 Å². The molecule has 2 atom stereocenters. The van der Waals surface area contributed by atoms with Crippen molar-refractivity contribution in [2.75, 3.05) is 35.6 Å². The molecule has 0 bridgehead atoms. The van der Waals surface area contributed by atoms with Gasteiger partial charge in [-0.1, -0.05) is 0 Å². The first-order chi connectivity index (χ1) is 14.4. The first kappa shape index (κ1) is 19.9. The van der Waals surface area contributed by atoms with Gasteiger partial charge in [-0.2, -0.15) is 10.2 Å². The van der Waals surface area contributed by atoms with Crippen molar-refractivity contribution in [2.24, 2.45) is 7.05 Å². The van der Waals surface area contributed by atoms with E-state index >= 15 is 0 Å². The summed E-state index contributed by atoms with van der Waals surface area (Å²) in [6.45, 7) is 8.71. The van der Waals surface area contributed by atoms with Crippen molar-refractivity contribution in [1.29, 1.82) is 5.26 Å². The van der Waals surface area contributed by atoms with Crippen molar-refractivity contribution in [3.8, 4) is 6.07 Å². The number of piperazine rings is 1. The van der Waals surface area contributed by atoms with E-state index in [9.17, 15) is 5.26 Å². The van der Waals surface area contributed by atoms with Crippen LogP contribution in [0.5, 0.6) is 0 Å². The summed E-state index contributed by atoms with van der Waals surface area (Å²) in [7, 11) is 2.03. The molecular formula is C21H27N9. The van der Waals surface area contributed by atoms with Gasteiger partial charge < -0.3 is 25.8 Å². The smallest absolute Gasteiger partial charge is 0.222 e. The van der Waals surface area contributed by atoms with E-state index in [1.807, 2.05) is 26.2 Å². The quantitative estimate of drug-likeness (QED) is 0.603. The number of aryl methyl sites for hydroxylation is 2. The molecule has 4 heterocycles. The number of nitrogens with two attached hydrogens (primary N) is 1. The minimum Gasteiger partial charge on any atom is -0.368 e. The van der Waals surface area contributed by atoms with Gasteiger partial charge in [-0.3, -0.25) is 0 Å². The molecule has 0 amide bonds. The molecule has 1 saturated heterocycles. The molecule has 4 rings (SSSR count). The Hall–Kier alpha value is -3.38. The number of pyridine rings is 1. The fourth-order valence-electron chi connectivity index (χ4n) is 4.02. The van der Waals surface area contributed by atoms with Crippen molar-refractivity contribution in [3.05, 3.63) is 35.3 Å². The molecule has 3 aromatic heterocycles. The number of nitriles is 1. The van der Waals surface area contributed by atoms with Crippen LogP contribution in [-0.4, -0.2) is 45.2 Å². The molecule has 30 heavy (non-hydrogen) atoms. The van der Waals surface area contributed by atoms with E-state index in [1.54, 1.807) is 6.92 Å². The highest BCUT2D eigenvalue weighted by molar-refractivity contribution is 5.81. The van der Waals surface area contributed by atoms with Crippen LogP contribution in [0.1, 0.15) is 36.8 Å². The fraction of sp³-hybridized carbons (Fsp3) is 0.429. The molecule has 0 spiro atoms. The number of nitrogens with one attached hydrogen (secondary N) is 2. The van der Waals surface area contributed by atoms with Crippen LogP contribution in [0, 0.1) is 18.3 Å². The predicted octanol–water partition coefficient (Wildman–Crippen LogP) is 2.10. The zero-order valence-corrected chi connectivity index (χ0v) is 17.8. The Labute approximate surface area is 175 Å². The highest BCUT2D eigenvalue weighted by atomic mass is 15.2. The van der Waals surface area contributed by atoms with E-state index in [2.05, 4.69) is 49.1 Å². The summed E-state index contributed by atoms with van der Waals surface area (Å²) < 4.78 is 2.08. The lowest BCUT2D eigenvalue weighted by Crippen LogP contribution is -2.49. The van der Waals surface area contributed by atoms with Crippen molar-refractivity contribution in [2.45, 2.75) is 32.9 Å². The minimum absolute atomic E-state index is 0.142. The Kier molecular flexibility index (Phi) is 5.18. The van der Waals surface area contributed by atoms with Gasteiger partial charge in [0, 0.05) is 38.9 Å². The van der Waals surface area contributed by atoms with E-state index in [4.69, 9.17) is 10.7 Å². The van der Waals surface area contributed by atoms with Crippen LogP contribution in [0.4, 0.5) is 17.5 Å². The highest BCUT2D eigenvalue weighted by Gasteiger charge is 2.24. The predicted molar refractivity (Wildman–Crippen MR) is 118 cm³/mol. The van der Waals surface area contributed by atoms with Gasteiger partial charge in [0.2, 0.25) is 5.95 Å². The van der Waals surface area contributed by atoms with Gasteiger partial charge >= 0.3 is 0 Å². The monoisotopic (exact) mass is 405 g/mol. The molecule has 0 radical (unpaired) electrons. The summed E-state index contributed by atoms with van der Waals surface area (Å²) >= 11 is 0. The van der Waals surface area contributed by atoms with Crippen molar-refractivity contribution >= 4 is 28.5 Å². The molecule has 9 heteroatoms. The van der Waals surface area contributed by atoms with Crippen molar-refractivity contribution < 1.29 is 0 Å². The second-order valence-electron chi connectivity index (χ2n) is 7.89. The Bertz CT molecular complexity index is 1130. The number of rotatable bonds is 4. The minimum atomic E-state index is -0.185. The third kappa shape index (κ3) is 3.62. The highest BCUT2D eigenvalue weighted by Crippen LogP contribution is 2.32. The van der Waals surface area contributed by atoms with Crippen molar-refractivity contribution in [1.82, 2.24) is 24.8 Å². The van der Waals surface area contributed by atoms with Crippen LogP contribution in [0.3, 0.4) is 0 Å². The Balaban J connectivity index is 1.77. The Morgan fingerprint density at radius 2 is 2.17 bits per heavy atom. The number of hydrogen-bond acceptors (Lipinski definition) is 8. The maximum atomic E-state index is 9.56. The molecule has 3 aromatic rings. The summed E-state index contributed by atoms with van der Waals surface area (Å²) in [4.78, 5) is 15.7. The van der Waals surface area contributed by atoms with Gasteiger partial charge in [0.15, 0.2) is 0 Å². The lowest BCUT2D eigenvalue weighted by molar-refractivity contribution is 0.483. The van der Waals surface area contributed by atoms with Gasteiger partial charge in [-0.15, -0.1) is 0 Å². The second-order valence-corrected chi connectivity index (χ2v) is 7.89. The van der Waals surface area contributed by atoms with Crippen LogP contribution >= 0.6 is 0 Å². The number of nitrogens with zero attached hydrogens (tertiary/aromatic N) is 6. The topological polar surface area (TPSA) is 121 Å². The number of anilines is 3. The van der Waals surface area contributed by atoms with E-state index in [1.165, 1.54) is 0 Å². The van der Waals surface area contributed by atoms with Crippen molar-refractivity contribution in [3.63, 3.8) is 0 Å². The van der Waals surface area contributed by atoms with Crippen LogP contribution < -0.4 is 21.3 Å². The van der Waals surface area contributed by atoms with E-state index < -0.39 is 0 Å². The molecule has 1 fully saturated rings. The zero-order valence-electron chi connectivity index (χ0n) is 17.8. The molecule has 156 valence electrons. The lowest BCUT2D eigenvalue weighted by atomic mass is 10.1. The maximum Gasteiger partial charge on any atom is 0.222 e. The van der Waals surface area contributed by atoms with Gasteiger partial charge in [-0.05, 0) is 32.9 Å². The summed E-state index contributed by atoms with van der Waals surface area (Å²) in [5, 5.41) is 16.4. The molecule has 0 aliphatic carbocycles. The maximum absolute atomic E-state index is 9.56. The summed E-state index contributed by atoms with van der Waals surface area (Å²) in [6.07, 6.45) is 2.02. The molecule has 2 unspecified atom stereocenters. The zero-order chi connectivity index (χ0) is 21.4. The average Bonchev–Trinajstić information content (AvgIpc) is 3.07. The Morgan fingerprint density at radius 1 is 1.37 bits per heavy atom. The van der Waals surface area contributed by atoms with Gasteiger partial charge in [-0.25, -0.2) is 9.97 Å². The number of aromatic nitrogens is 4. The van der Waals surface area contributed by atoms with E-state index in [0.717, 1.165) is 42.0 Å². The molecular weight excluding hydrogens is 378 g/mol. The SMILES string of the molecule is Cc1nc(N)nc(NC(C)c2nc3ccn(C)c3cc2N2CCNC(C)C2)c1C#N. The fourth-order valence-corrected chi connectivity index (χ4v) is 4.02. The van der Waals surface area contributed by atoms with Gasteiger partial charge in [0.25, 0.3) is 0 Å². The summed E-state index contributed by atoms with van der Waals surface area (Å²) in [5.41, 5.74) is 10.8. The van der Waals surface area contributed by atoms with Crippen LogP contribution in [0.25, 0.3) is 11.0 Å².